The van der Waals surface area contributed by atoms with E-state index in [-0.39, 0.29) is 11.7 Å². The van der Waals surface area contributed by atoms with Crippen LogP contribution in [0.3, 0.4) is 0 Å². The van der Waals surface area contributed by atoms with E-state index in [0.29, 0.717) is 36.6 Å². The molecule has 8 nitrogen and oxygen atoms in total. The fraction of sp³-hybridized carbons (Fsp3) is 0.476. The monoisotopic (exact) mass is 415 g/mol. The Morgan fingerprint density at radius 3 is 2.70 bits per heavy atom. The largest absolute Gasteiger partial charge is 0.382 e. The van der Waals surface area contributed by atoms with E-state index in [4.69, 9.17) is 0 Å². The van der Waals surface area contributed by atoms with E-state index in [2.05, 4.69) is 10.3 Å². The minimum absolute atomic E-state index is 0.205. The van der Waals surface area contributed by atoms with E-state index in [0.717, 1.165) is 12.8 Å². The van der Waals surface area contributed by atoms with Crippen molar-refractivity contribution in [2.45, 2.75) is 32.0 Å². The number of piperidine rings is 1. The van der Waals surface area contributed by atoms with Gasteiger partial charge in [0.1, 0.15) is 23.8 Å². The fourth-order valence-corrected chi connectivity index (χ4v) is 3.80. The second-order valence-electron chi connectivity index (χ2n) is 7.69. The number of aliphatic hydroxyl groups is 2. The molecule has 1 aliphatic rings. The number of aliphatic hydroxyl groups excluding tert-OH is 2. The molecule has 0 saturated carbocycles. The number of carbonyl (C=O) groups is 1. The molecular formula is C21H26FN5O3. The average molecular weight is 415 g/mol. The molecule has 1 aromatic heterocycles. The Morgan fingerprint density at radius 2 is 2.10 bits per heavy atom. The summed E-state index contributed by atoms with van der Waals surface area (Å²) in [7, 11) is 1.69. The van der Waals surface area contributed by atoms with E-state index in [1.807, 2.05) is 11.0 Å². The highest BCUT2D eigenvalue weighted by Gasteiger charge is 2.30. The number of aromatic nitrogens is 2. The van der Waals surface area contributed by atoms with E-state index in [9.17, 15) is 24.7 Å². The van der Waals surface area contributed by atoms with Crippen LogP contribution in [0.25, 0.3) is 0 Å². The molecule has 1 amide bonds. The number of carbonyl (C=O) groups excluding carboxylic acids is 1. The van der Waals surface area contributed by atoms with Crippen molar-refractivity contribution in [2.75, 3.05) is 24.5 Å². The average Bonchev–Trinajstić information content (AvgIpc) is 3.09. The van der Waals surface area contributed by atoms with E-state index >= 15 is 0 Å². The van der Waals surface area contributed by atoms with Gasteiger partial charge < -0.3 is 25.0 Å². The second-order valence-corrected chi connectivity index (χ2v) is 7.69. The maximum absolute atomic E-state index is 13.3. The van der Waals surface area contributed by atoms with Crippen molar-refractivity contribution in [3.05, 3.63) is 47.3 Å². The molecule has 0 radical (unpaired) electrons. The number of halogens is 1. The summed E-state index contributed by atoms with van der Waals surface area (Å²) >= 11 is 0. The number of rotatable bonds is 6. The molecule has 0 unspecified atom stereocenters. The van der Waals surface area contributed by atoms with E-state index < -0.39 is 23.9 Å². The third kappa shape index (κ3) is 4.78. The first-order valence-electron chi connectivity index (χ1n) is 9.88. The summed E-state index contributed by atoms with van der Waals surface area (Å²) < 4.78 is 14.9. The quantitative estimate of drug-likeness (QED) is 0.653. The van der Waals surface area contributed by atoms with Crippen LogP contribution >= 0.6 is 0 Å². The molecule has 3 N–H and O–H groups in total. The first kappa shape index (κ1) is 21.7. The minimum Gasteiger partial charge on any atom is -0.382 e. The lowest BCUT2D eigenvalue weighted by Crippen LogP contribution is -2.43. The SMILES string of the molecule is Cc1cn(C)c([C@H](O)[C@@H](O)C(=O)NCC2CCN(c3ccc(F)cc3C#N)CC2)n1. The molecule has 160 valence electrons. The molecule has 9 heteroatoms. The fourth-order valence-electron chi connectivity index (χ4n) is 3.80. The van der Waals surface area contributed by atoms with Crippen LogP contribution in [0, 0.1) is 30.0 Å². The van der Waals surface area contributed by atoms with Gasteiger partial charge in [-0.05, 0) is 43.9 Å². The number of nitrogens with one attached hydrogen (secondary N) is 1. The second kappa shape index (κ2) is 9.24. The zero-order valence-electron chi connectivity index (χ0n) is 17.0. The molecule has 0 aliphatic carbocycles. The summed E-state index contributed by atoms with van der Waals surface area (Å²) in [6.07, 6.45) is 0.242. The van der Waals surface area contributed by atoms with Crippen LogP contribution in [0.5, 0.6) is 0 Å². The zero-order chi connectivity index (χ0) is 21.8. The Labute approximate surface area is 174 Å². The molecule has 3 rings (SSSR count). The maximum Gasteiger partial charge on any atom is 0.252 e. The lowest BCUT2D eigenvalue weighted by Gasteiger charge is -2.34. The van der Waals surface area contributed by atoms with Gasteiger partial charge in [-0.2, -0.15) is 5.26 Å². The molecule has 2 heterocycles. The Hall–Kier alpha value is -2.96. The highest BCUT2D eigenvalue weighted by atomic mass is 19.1. The van der Waals surface area contributed by atoms with Gasteiger partial charge in [-0.1, -0.05) is 0 Å². The third-order valence-electron chi connectivity index (χ3n) is 5.46. The first-order valence-corrected chi connectivity index (χ1v) is 9.88. The molecule has 0 spiro atoms. The Balaban J connectivity index is 1.50. The van der Waals surface area contributed by atoms with Crippen molar-refractivity contribution in [1.82, 2.24) is 14.9 Å². The number of nitrogens with zero attached hydrogens (tertiary/aromatic N) is 4. The third-order valence-corrected chi connectivity index (χ3v) is 5.46. The van der Waals surface area contributed by atoms with Gasteiger partial charge in [0.25, 0.3) is 5.91 Å². The highest BCUT2D eigenvalue weighted by Crippen LogP contribution is 2.26. The van der Waals surface area contributed by atoms with Gasteiger partial charge in [0.2, 0.25) is 0 Å². The number of hydrogen-bond acceptors (Lipinski definition) is 6. The van der Waals surface area contributed by atoms with Crippen LogP contribution in [-0.4, -0.2) is 51.4 Å². The topological polar surface area (TPSA) is 114 Å². The van der Waals surface area contributed by atoms with Crippen molar-refractivity contribution in [1.29, 1.82) is 5.26 Å². The van der Waals surface area contributed by atoms with Gasteiger partial charge in [0.05, 0.1) is 16.9 Å². The molecule has 1 fully saturated rings. The molecule has 1 aromatic carbocycles. The molecular weight excluding hydrogens is 389 g/mol. The van der Waals surface area contributed by atoms with Crippen LogP contribution < -0.4 is 10.2 Å². The van der Waals surface area contributed by atoms with Crippen molar-refractivity contribution < 1.29 is 19.4 Å². The molecule has 2 aromatic rings. The maximum atomic E-state index is 13.3. The number of anilines is 1. The highest BCUT2D eigenvalue weighted by molar-refractivity contribution is 5.81. The van der Waals surface area contributed by atoms with Gasteiger partial charge in [-0.25, -0.2) is 9.37 Å². The molecule has 1 aliphatic heterocycles. The van der Waals surface area contributed by atoms with Gasteiger partial charge in [-0.3, -0.25) is 4.79 Å². The van der Waals surface area contributed by atoms with Gasteiger partial charge in [-0.15, -0.1) is 0 Å². The normalized spacial score (nSPS) is 16.7. The predicted molar refractivity (Wildman–Crippen MR) is 108 cm³/mol. The van der Waals surface area contributed by atoms with Crippen LogP contribution in [-0.2, 0) is 11.8 Å². The molecule has 30 heavy (non-hydrogen) atoms. The molecule has 0 bridgehead atoms. The lowest BCUT2D eigenvalue weighted by atomic mass is 9.95. The minimum atomic E-state index is -1.61. The smallest absolute Gasteiger partial charge is 0.252 e. The van der Waals surface area contributed by atoms with Crippen molar-refractivity contribution in [3.63, 3.8) is 0 Å². The summed E-state index contributed by atoms with van der Waals surface area (Å²) in [6, 6.07) is 6.23. The Bertz CT molecular complexity index is 947. The van der Waals surface area contributed by atoms with Gasteiger partial charge in [0, 0.05) is 32.9 Å². The number of imidazole rings is 1. The van der Waals surface area contributed by atoms with Crippen molar-refractivity contribution in [3.8, 4) is 6.07 Å². The standard InChI is InChI=1S/C21H26FN5O3/c1-13-12-26(2)20(25-13)18(28)19(29)21(30)24-11-14-5-7-27(8-6-14)17-4-3-16(22)9-15(17)10-23/h3-4,9,12,14,18-19,28-29H,5-8,11H2,1-2H3,(H,24,30)/t18-,19-/m1/s1. The van der Waals surface area contributed by atoms with E-state index in [1.165, 1.54) is 12.1 Å². The summed E-state index contributed by atoms with van der Waals surface area (Å²) in [5, 5.41) is 32.4. The van der Waals surface area contributed by atoms with Crippen LogP contribution in [0.2, 0.25) is 0 Å². The Kier molecular flexibility index (Phi) is 6.70. The zero-order valence-corrected chi connectivity index (χ0v) is 17.0. The molecule has 1 saturated heterocycles. The Morgan fingerprint density at radius 1 is 1.40 bits per heavy atom. The summed E-state index contributed by atoms with van der Waals surface area (Å²) in [4.78, 5) is 18.5. The van der Waals surface area contributed by atoms with Crippen molar-refractivity contribution >= 4 is 11.6 Å². The number of amides is 1. The van der Waals surface area contributed by atoms with Crippen LogP contribution in [0.1, 0.15) is 36.0 Å². The van der Waals surface area contributed by atoms with Crippen molar-refractivity contribution in [2.24, 2.45) is 13.0 Å². The number of benzene rings is 1. The number of nitriles is 1. The van der Waals surface area contributed by atoms with Gasteiger partial charge >= 0.3 is 0 Å². The van der Waals surface area contributed by atoms with Gasteiger partial charge in [0.15, 0.2) is 6.10 Å². The summed E-state index contributed by atoms with van der Waals surface area (Å²) in [5.41, 5.74) is 1.71. The van der Waals surface area contributed by atoms with Crippen LogP contribution in [0.15, 0.2) is 24.4 Å². The lowest BCUT2D eigenvalue weighted by molar-refractivity contribution is -0.136. The number of aryl methyl sites for hydroxylation is 2. The number of hydrogen-bond donors (Lipinski definition) is 3. The van der Waals surface area contributed by atoms with E-state index in [1.54, 1.807) is 30.8 Å². The summed E-state index contributed by atoms with van der Waals surface area (Å²) in [6.45, 7) is 3.50. The predicted octanol–water partition coefficient (Wildman–Crippen LogP) is 1.17. The molecule has 2 atom stereocenters. The summed E-state index contributed by atoms with van der Waals surface area (Å²) in [5.74, 6) is -0.641. The first-order chi connectivity index (χ1) is 14.3. The van der Waals surface area contributed by atoms with Crippen LogP contribution in [0.4, 0.5) is 10.1 Å².